The maximum Gasteiger partial charge on any atom is 0.294 e. The summed E-state index contributed by atoms with van der Waals surface area (Å²) in [4.78, 5) is 9.02. The molecule has 0 saturated carbocycles. The monoisotopic (exact) mass is 412 g/mol. The van der Waals surface area contributed by atoms with Crippen molar-refractivity contribution >= 4 is 31.9 Å². The minimum Gasteiger partial charge on any atom is -0.282 e. The van der Waals surface area contributed by atoms with Crippen molar-refractivity contribution in [2.45, 2.75) is 4.90 Å². The van der Waals surface area contributed by atoms with Gasteiger partial charge in [0.25, 0.3) is 10.1 Å². The van der Waals surface area contributed by atoms with E-state index in [9.17, 15) is 13.0 Å². The van der Waals surface area contributed by atoms with Crippen LogP contribution >= 0.6 is 0 Å². The minimum atomic E-state index is -4.29. The molecule has 5 aromatic rings. The molecule has 6 heteroatoms. The first-order chi connectivity index (χ1) is 14.5. The van der Waals surface area contributed by atoms with E-state index in [0.29, 0.717) is 5.56 Å². The van der Waals surface area contributed by atoms with Crippen LogP contribution in [0, 0.1) is 0 Å². The molecule has 0 spiro atoms. The maximum absolute atomic E-state index is 11.6. The average Bonchev–Trinajstić information content (AvgIpc) is 2.78. The average molecular weight is 412 g/mol. The molecule has 1 N–H and O–H groups in total. The fraction of sp³-hybridized carbons (Fsp3) is 0. The second kappa shape index (κ2) is 7.02. The van der Waals surface area contributed by atoms with E-state index in [-0.39, 0.29) is 4.90 Å². The van der Waals surface area contributed by atoms with Crippen LogP contribution in [0.25, 0.3) is 44.1 Å². The highest BCUT2D eigenvalue weighted by atomic mass is 32.2. The van der Waals surface area contributed by atoms with Crippen molar-refractivity contribution in [2.24, 2.45) is 0 Å². The van der Waals surface area contributed by atoms with Crippen LogP contribution in [0.5, 0.6) is 0 Å². The number of hydrogen-bond donors (Lipinski definition) is 1. The summed E-state index contributed by atoms with van der Waals surface area (Å²) in [6.45, 7) is 0. The Bertz CT molecular complexity index is 1510. The van der Waals surface area contributed by atoms with Gasteiger partial charge in [-0.2, -0.15) is 8.42 Å². The van der Waals surface area contributed by atoms with Crippen molar-refractivity contribution in [2.75, 3.05) is 0 Å². The van der Waals surface area contributed by atoms with Crippen LogP contribution < -0.4 is 0 Å². The number of hydrogen-bond acceptors (Lipinski definition) is 4. The molecule has 0 bridgehead atoms. The zero-order chi connectivity index (χ0) is 20.7. The lowest BCUT2D eigenvalue weighted by atomic mass is 9.96. The first kappa shape index (κ1) is 18.4. The molecule has 0 atom stereocenters. The second-order valence-corrected chi connectivity index (χ2v) is 8.37. The standard InChI is InChI=1S/C24H16N2O3S/c27-30(28,29)18-8-4-7-17(15-18)20-12-14-26-24-22(20)10-9-21-19(11-13-25-23(21)24)16-5-2-1-3-6-16/h1-15H,(H,27,28,29). The molecule has 30 heavy (non-hydrogen) atoms. The highest BCUT2D eigenvalue weighted by Crippen LogP contribution is 2.35. The zero-order valence-corrected chi connectivity index (χ0v) is 16.5. The smallest absolute Gasteiger partial charge is 0.282 e. The zero-order valence-electron chi connectivity index (χ0n) is 15.7. The van der Waals surface area contributed by atoms with Crippen LogP contribution in [0.15, 0.2) is 96.2 Å². The van der Waals surface area contributed by atoms with Gasteiger partial charge in [-0.1, -0.05) is 54.6 Å². The van der Waals surface area contributed by atoms with Gasteiger partial charge >= 0.3 is 0 Å². The minimum absolute atomic E-state index is 0.143. The quantitative estimate of drug-likeness (QED) is 0.319. The number of benzene rings is 3. The maximum atomic E-state index is 11.6. The fourth-order valence-corrected chi connectivity index (χ4v) is 4.30. The van der Waals surface area contributed by atoms with E-state index in [0.717, 1.165) is 38.5 Å². The Morgan fingerprint density at radius 2 is 1.20 bits per heavy atom. The molecular weight excluding hydrogens is 396 g/mol. The highest BCUT2D eigenvalue weighted by molar-refractivity contribution is 7.85. The topological polar surface area (TPSA) is 80.2 Å². The largest absolute Gasteiger partial charge is 0.294 e. The van der Waals surface area contributed by atoms with Gasteiger partial charge in [0.05, 0.1) is 15.9 Å². The van der Waals surface area contributed by atoms with Gasteiger partial charge < -0.3 is 0 Å². The third-order valence-electron chi connectivity index (χ3n) is 5.15. The van der Waals surface area contributed by atoms with Gasteiger partial charge in [0.2, 0.25) is 0 Å². The first-order valence-corrected chi connectivity index (χ1v) is 10.8. The second-order valence-electron chi connectivity index (χ2n) is 6.94. The number of aromatic nitrogens is 2. The van der Waals surface area contributed by atoms with Crippen molar-refractivity contribution in [3.8, 4) is 22.3 Å². The summed E-state index contributed by atoms with van der Waals surface area (Å²) in [6.07, 6.45) is 3.46. The summed E-state index contributed by atoms with van der Waals surface area (Å²) in [6, 6.07) is 24.2. The predicted molar refractivity (Wildman–Crippen MR) is 118 cm³/mol. The molecule has 0 radical (unpaired) electrons. The summed E-state index contributed by atoms with van der Waals surface area (Å²) in [5.41, 5.74) is 5.18. The van der Waals surface area contributed by atoms with Crippen molar-refractivity contribution in [3.05, 3.63) is 91.3 Å². The van der Waals surface area contributed by atoms with Gasteiger partial charge in [-0.05, 0) is 46.5 Å². The number of pyridine rings is 2. The Labute approximate surface area is 173 Å². The summed E-state index contributed by atoms with van der Waals surface area (Å²) in [5, 5.41) is 1.85. The molecule has 0 aliphatic rings. The molecule has 2 aromatic heterocycles. The van der Waals surface area contributed by atoms with E-state index < -0.39 is 10.1 Å². The number of fused-ring (bicyclic) bond motifs is 3. The summed E-state index contributed by atoms with van der Waals surface area (Å²) < 4.78 is 32.5. The summed E-state index contributed by atoms with van der Waals surface area (Å²) in [7, 11) is -4.29. The lowest BCUT2D eigenvalue weighted by Crippen LogP contribution is -1.98. The molecule has 0 aliphatic carbocycles. The lowest BCUT2D eigenvalue weighted by Gasteiger charge is -2.11. The normalized spacial score (nSPS) is 11.8. The van der Waals surface area contributed by atoms with Gasteiger partial charge in [-0.25, -0.2) is 0 Å². The Morgan fingerprint density at radius 3 is 1.80 bits per heavy atom. The van der Waals surface area contributed by atoms with Crippen molar-refractivity contribution in [1.29, 1.82) is 0 Å². The van der Waals surface area contributed by atoms with Crippen LogP contribution in [0.4, 0.5) is 0 Å². The van der Waals surface area contributed by atoms with Crippen LogP contribution in [0.1, 0.15) is 0 Å². The predicted octanol–water partition coefficient (Wildman–Crippen LogP) is 5.36. The third-order valence-corrected chi connectivity index (χ3v) is 6.00. The third kappa shape index (κ3) is 3.12. The van der Waals surface area contributed by atoms with E-state index in [1.54, 1.807) is 18.5 Å². The van der Waals surface area contributed by atoms with Crippen molar-refractivity contribution < 1.29 is 13.0 Å². The Morgan fingerprint density at radius 1 is 0.633 bits per heavy atom. The molecule has 0 fully saturated rings. The highest BCUT2D eigenvalue weighted by Gasteiger charge is 2.14. The van der Waals surface area contributed by atoms with Crippen LogP contribution in [-0.2, 0) is 10.1 Å². The summed E-state index contributed by atoms with van der Waals surface area (Å²) >= 11 is 0. The number of rotatable bonds is 3. The van der Waals surface area contributed by atoms with Crippen LogP contribution in [0.2, 0.25) is 0 Å². The van der Waals surface area contributed by atoms with E-state index >= 15 is 0 Å². The molecule has 2 heterocycles. The Kier molecular flexibility index (Phi) is 4.31. The molecule has 0 aliphatic heterocycles. The van der Waals surface area contributed by atoms with Gasteiger partial charge in [0, 0.05) is 23.2 Å². The molecule has 0 amide bonds. The molecule has 3 aromatic carbocycles. The Hall–Kier alpha value is -3.61. The first-order valence-electron chi connectivity index (χ1n) is 9.32. The van der Waals surface area contributed by atoms with E-state index in [1.165, 1.54) is 12.1 Å². The lowest BCUT2D eigenvalue weighted by molar-refractivity contribution is 0.483. The molecule has 5 nitrogen and oxygen atoms in total. The Balaban J connectivity index is 1.77. The molecule has 0 unspecified atom stereocenters. The van der Waals surface area contributed by atoms with Gasteiger partial charge in [-0.3, -0.25) is 14.5 Å². The van der Waals surface area contributed by atoms with E-state index in [4.69, 9.17) is 0 Å². The molecule has 146 valence electrons. The molecular formula is C24H16N2O3S. The fourth-order valence-electron chi connectivity index (χ4n) is 3.77. The van der Waals surface area contributed by atoms with E-state index in [2.05, 4.69) is 22.1 Å². The van der Waals surface area contributed by atoms with Gasteiger partial charge in [0.15, 0.2) is 0 Å². The van der Waals surface area contributed by atoms with Gasteiger partial charge in [0.1, 0.15) is 0 Å². The number of nitrogens with zero attached hydrogens (tertiary/aromatic N) is 2. The van der Waals surface area contributed by atoms with Crippen LogP contribution in [0.3, 0.4) is 0 Å². The van der Waals surface area contributed by atoms with E-state index in [1.807, 2.05) is 48.5 Å². The summed E-state index contributed by atoms with van der Waals surface area (Å²) in [5.74, 6) is 0. The molecule has 0 saturated heterocycles. The van der Waals surface area contributed by atoms with Crippen LogP contribution in [-0.4, -0.2) is 22.9 Å². The van der Waals surface area contributed by atoms with Crippen molar-refractivity contribution in [1.82, 2.24) is 9.97 Å². The van der Waals surface area contributed by atoms with Gasteiger partial charge in [-0.15, -0.1) is 0 Å². The SMILES string of the molecule is O=S(=O)(O)c1cccc(-c2ccnc3c2ccc2c(-c4ccccc4)ccnc23)c1. The van der Waals surface area contributed by atoms with Crippen molar-refractivity contribution in [3.63, 3.8) is 0 Å². The molecule has 5 rings (SSSR count).